The molecule has 3 rings (SSSR count). The first-order chi connectivity index (χ1) is 14.5. The first-order valence-electron chi connectivity index (χ1n) is 10.4. The number of hydrogen-bond donors (Lipinski definition) is 2. The molecule has 30 heavy (non-hydrogen) atoms. The molecule has 0 unspecified atom stereocenters. The van der Waals surface area contributed by atoms with Crippen LogP contribution in [0.3, 0.4) is 0 Å². The number of carbonyl (C=O) groups is 3. The van der Waals surface area contributed by atoms with Gasteiger partial charge in [0.2, 0.25) is 11.8 Å². The third-order valence-electron chi connectivity index (χ3n) is 5.09. The second-order valence-corrected chi connectivity index (χ2v) is 7.60. The predicted molar refractivity (Wildman–Crippen MR) is 116 cm³/mol. The van der Waals surface area contributed by atoms with Crippen molar-refractivity contribution in [2.75, 3.05) is 17.2 Å². The minimum atomic E-state index is -0.375. The molecule has 1 aliphatic carbocycles. The molecule has 2 N–H and O–H groups in total. The first kappa shape index (κ1) is 21.6. The molecule has 0 bridgehead atoms. The SMILES string of the molecule is Cc1c(NC(=O)CCC(=O)OCCCc2ccccc2)cccc1NC(=O)C1CC1. The summed E-state index contributed by atoms with van der Waals surface area (Å²) in [5.74, 6) is -0.497. The van der Waals surface area contributed by atoms with Crippen molar-refractivity contribution < 1.29 is 19.1 Å². The largest absolute Gasteiger partial charge is 0.466 e. The molecule has 158 valence electrons. The summed E-state index contributed by atoms with van der Waals surface area (Å²) >= 11 is 0. The van der Waals surface area contributed by atoms with Crippen LogP contribution in [0.15, 0.2) is 48.5 Å². The number of benzene rings is 2. The molecular weight excluding hydrogens is 380 g/mol. The zero-order valence-electron chi connectivity index (χ0n) is 17.3. The Morgan fingerprint density at radius 1 is 0.933 bits per heavy atom. The maximum atomic E-state index is 12.2. The summed E-state index contributed by atoms with van der Waals surface area (Å²) in [6.07, 6.45) is 3.55. The summed E-state index contributed by atoms with van der Waals surface area (Å²) < 4.78 is 5.21. The zero-order chi connectivity index (χ0) is 21.3. The Balaban J connectivity index is 1.37. The van der Waals surface area contributed by atoms with Crippen LogP contribution in [0.25, 0.3) is 0 Å². The molecule has 0 aliphatic heterocycles. The van der Waals surface area contributed by atoms with Crippen LogP contribution in [0.4, 0.5) is 11.4 Å². The molecule has 0 spiro atoms. The zero-order valence-corrected chi connectivity index (χ0v) is 17.3. The van der Waals surface area contributed by atoms with Gasteiger partial charge in [0, 0.05) is 23.7 Å². The number of rotatable bonds is 10. The summed E-state index contributed by atoms with van der Waals surface area (Å²) in [7, 11) is 0. The van der Waals surface area contributed by atoms with Crippen molar-refractivity contribution >= 4 is 29.2 Å². The molecule has 6 heteroatoms. The molecule has 2 aromatic carbocycles. The highest BCUT2D eigenvalue weighted by molar-refractivity contribution is 5.97. The molecule has 0 saturated heterocycles. The third kappa shape index (κ3) is 6.72. The van der Waals surface area contributed by atoms with E-state index < -0.39 is 0 Å². The van der Waals surface area contributed by atoms with E-state index in [1.165, 1.54) is 5.56 Å². The Morgan fingerprint density at radius 3 is 2.33 bits per heavy atom. The molecule has 6 nitrogen and oxygen atoms in total. The fourth-order valence-electron chi connectivity index (χ4n) is 3.09. The summed E-state index contributed by atoms with van der Waals surface area (Å²) in [5.41, 5.74) is 3.33. The lowest BCUT2D eigenvalue weighted by Crippen LogP contribution is -2.17. The standard InChI is InChI=1S/C24H28N2O4/c1-17-20(10-5-11-21(17)26-24(29)19-12-13-19)25-22(27)14-15-23(28)30-16-6-9-18-7-3-2-4-8-18/h2-5,7-8,10-11,19H,6,9,12-16H2,1H3,(H,25,27)(H,26,29). The van der Waals surface area contributed by atoms with Gasteiger partial charge in [0.05, 0.1) is 13.0 Å². The van der Waals surface area contributed by atoms with Gasteiger partial charge < -0.3 is 15.4 Å². The van der Waals surface area contributed by atoms with Gasteiger partial charge in [-0.05, 0) is 55.9 Å². The van der Waals surface area contributed by atoms with Crippen molar-refractivity contribution in [3.8, 4) is 0 Å². The van der Waals surface area contributed by atoms with Crippen LogP contribution in [0.5, 0.6) is 0 Å². The van der Waals surface area contributed by atoms with Gasteiger partial charge in [-0.3, -0.25) is 14.4 Å². The van der Waals surface area contributed by atoms with E-state index in [2.05, 4.69) is 10.6 Å². The van der Waals surface area contributed by atoms with Crippen LogP contribution in [0, 0.1) is 12.8 Å². The minimum Gasteiger partial charge on any atom is -0.466 e. The van der Waals surface area contributed by atoms with Crippen molar-refractivity contribution in [2.24, 2.45) is 5.92 Å². The maximum Gasteiger partial charge on any atom is 0.306 e. The van der Waals surface area contributed by atoms with Crippen molar-refractivity contribution in [3.63, 3.8) is 0 Å². The second-order valence-electron chi connectivity index (χ2n) is 7.60. The number of hydrogen-bond acceptors (Lipinski definition) is 4. The predicted octanol–water partition coefficient (Wildman–Crippen LogP) is 4.24. The second kappa shape index (κ2) is 10.6. The molecule has 1 aliphatic rings. The van der Waals surface area contributed by atoms with E-state index in [9.17, 15) is 14.4 Å². The molecule has 0 heterocycles. The summed E-state index contributed by atoms with van der Waals surface area (Å²) in [4.78, 5) is 36.1. The highest BCUT2D eigenvalue weighted by Gasteiger charge is 2.29. The highest BCUT2D eigenvalue weighted by Crippen LogP contribution is 2.31. The van der Waals surface area contributed by atoms with Crippen molar-refractivity contribution in [2.45, 2.75) is 45.4 Å². The number of aryl methyl sites for hydroxylation is 1. The average molecular weight is 408 g/mol. The quantitative estimate of drug-likeness (QED) is 0.455. The first-order valence-corrected chi connectivity index (χ1v) is 10.4. The lowest BCUT2D eigenvalue weighted by Gasteiger charge is -2.13. The van der Waals surface area contributed by atoms with Crippen LogP contribution < -0.4 is 10.6 Å². The molecule has 0 aromatic heterocycles. The Hall–Kier alpha value is -3.15. The van der Waals surface area contributed by atoms with Crippen LogP contribution in [-0.2, 0) is 25.5 Å². The topological polar surface area (TPSA) is 84.5 Å². The molecule has 1 fully saturated rings. The van der Waals surface area contributed by atoms with E-state index in [0.717, 1.165) is 31.2 Å². The Kier molecular flexibility index (Phi) is 7.60. The molecule has 2 aromatic rings. The summed E-state index contributed by atoms with van der Waals surface area (Å²) in [6.45, 7) is 2.19. The number of nitrogens with one attached hydrogen (secondary N) is 2. The summed E-state index contributed by atoms with van der Waals surface area (Å²) in [5, 5.41) is 5.73. The van der Waals surface area contributed by atoms with Gasteiger partial charge in [-0.2, -0.15) is 0 Å². The molecule has 0 atom stereocenters. The van der Waals surface area contributed by atoms with Crippen LogP contribution in [-0.4, -0.2) is 24.4 Å². The van der Waals surface area contributed by atoms with E-state index >= 15 is 0 Å². The van der Waals surface area contributed by atoms with E-state index in [4.69, 9.17) is 4.74 Å². The van der Waals surface area contributed by atoms with Gasteiger partial charge in [0.1, 0.15) is 0 Å². The van der Waals surface area contributed by atoms with Crippen molar-refractivity contribution in [1.29, 1.82) is 0 Å². The Morgan fingerprint density at radius 2 is 1.63 bits per heavy atom. The van der Waals surface area contributed by atoms with Gasteiger partial charge >= 0.3 is 5.97 Å². The number of esters is 1. The maximum absolute atomic E-state index is 12.2. The summed E-state index contributed by atoms with van der Waals surface area (Å²) in [6, 6.07) is 15.4. The van der Waals surface area contributed by atoms with Crippen molar-refractivity contribution in [1.82, 2.24) is 0 Å². The highest BCUT2D eigenvalue weighted by atomic mass is 16.5. The van der Waals surface area contributed by atoms with Crippen LogP contribution in [0.2, 0.25) is 0 Å². The minimum absolute atomic E-state index is 0.0246. The lowest BCUT2D eigenvalue weighted by molar-refractivity contribution is -0.144. The van der Waals surface area contributed by atoms with Gasteiger partial charge in [-0.15, -0.1) is 0 Å². The van der Waals surface area contributed by atoms with Crippen molar-refractivity contribution in [3.05, 3.63) is 59.7 Å². The monoisotopic (exact) mass is 408 g/mol. The fourth-order valence-corrected chi connectivity index (χ4v) is 3.09. The molecule has 1 saturated carbocycles. The van der Waals surface area contributed by atoms with Crippen LogP contribution in [0.1, 0.15) is 43.2 Å². The van der Waals surface area contributed by atoms with Gasteiger partial charge in [-0.25, -0.2) is 0 Å². The van der Waals surface area contributed by atoms with E-state index in [0.29, 0.717) is 18.0 Å². The molecule has 2 amide bonds. The fraction of sp³-hybridized carbons (Fsp3) is 0.375. The average Bonchev–Trinajstić information content (AvgIpc) is 3.59. The number of ether oxygens (including phenoxy) is 1. The lowest BCUT2D eigenvalue weighted by atomic mass is 10.1. The normalized spacial score (nSPS) is 12.8. The van der Waals surface area contributed by atoms with E-state index in [1.807, 2.05) is 43.3 Å². The van der Waals surface area contributed by atoms with Gasteiger partial charge in [-0.1, -0.05) is 36.4 Å². The number of amides is 2. The van der Waals surface area contributed by atoms with Gasteiger partial charge in [0.25, 0.3) is 0 Å². The molecule has 0 radical (unpaired) electrons. The van der Waals surface area contributed by atoms with E-state index in [1.54, 1.807) is 12.1 Å². The smallest absolute Gasteiger partial charge is 0.306 e. The number of anilines is 2. The van der Waals surface area contributed by atoms with Crippen LogP contribution >= 0.6 is 0 Å². The number of carbonyl (C=O) groups excluding carboxylic acids is 3. The Bertz CT molecular complexity index is 891. The third-order valence-corrected chi connectivity index (χ3v) is 5.09. The van der Waals surface area contributed by atoms with E-state index in [-0.39, 0.29) is 36.5 Å². The Labute approximate surface area is 177 Å². The molecular formula is C24H28N2O4. The van der Waals surface area contributed by atoms with Gasteiger partial charge in [0.15, 0.2) is 0 Å².